The van der Waals surface area contributed by atoms with Crippen molar-refractivity contribution in [3.05, 3.63) is 0 Å². The van der Waals surface area contributed by atoms with Crippen molar-refractivity contribution < 1.29 is 29.7 Å². The van der Waals surface area contributed by atoms with Crippen LogP contribution < -0.4 is 0 Å². The summed E-state index contributed by atoms with van der Waals surface area (Å²) in [5.41, 5.74) is 0. The quantitative estimate of drug-likeness (QED) is 0.591. The average Bonchev–Trinajstić information content (AvgIpc) is 1.76. The number of carboxylic acids is 3. The second-order valence-electron chi connectivity index (χ2n) is 1.80. The Morgan fingerprint density at radius 3 is 0.750 bits per heavy atom. The third-order valence-electron chi connectivity index (χ3n) is 0. The summed E-state index contributed by atoms with van der Waals surface area (Å²) in [6.45, 7) is 3.25. The van der Waals surface area contributed by atoms with Crippen LogP contribution in [-0.2, 0) is 14.4 Å². The normalized spacial score (nSPS) is 6.94. The predicted molar refractivity (Wildman–Crippen MR) is 61.3 cm³/mol. The Hall–Kier alpha value is -0.720. The number of alkyl halides is 3. The van der Waals surface area contributed by atoms with Crippen LogP contribution in [0.2, 0.25) is 0 Å². The number of hydrogen-bond acceptors (Lipinski definition) is 3. The molecule has 0 saturated carbocycles. The van der Waals surface area contributed by atoms with Gasteiger partial charge in [-0.3, -0.25) is 14.4 Å². The van der Waals surface area contributed by atoms with Crippen molar-refractivity contribution in [2.75, 3.05) is 0 Å². The van der Waals surface area contributed by atoms with E-state index in [-0.39, 0.29) is 0 Å². The molecule has 0 aliphatic heterocycles. The molecule has 0 rings (SSSR count). The summed E-state index contributed by atoms with van der Waals surface area (Å²) >= 11 is 14.4. The molecule has 16 heavy (non-hydrogen) atoms. The van der Waals surface area contributed by atoms with Crippen LogP contribution in [0.15, 0.2) is 0 Å². The highest BCUT2D eigenvalue weighted by molar-refractivity contribution is 6.63. The molecule has 0 fully saturated rings. The lowest BCUT2D eigenvalue weighted by Gasteiger charge is -1.69. The lowest BCUT2D eigenvalue weighted by Crippen LogP contribution is -1.78. The molecule has 0 bridgehead atoms. The highest BCUT2D eigenvalue weighted by atomic mass is 35.6. The van der Waals surface area contributed by atoms with E-state index in [1.807, 2.05) is 0 Å². The maximum absolute atomic E-state index is 9.00. The molecular weight excluding hydrogens is 286 g/mol. The van der Waals surface area contributed by atoms with Crippen LogP contribution in [0.25, 0.3) is 0 Å². The van der Waals surface area contributed by atoms with Crippen LogP contribution in [0.5, 0.6) is 0 Å². The van der Waals surface area contributed by atoms with Crippen molar-refractivity contribution in [3.63, 3.8) is 0 Å². The zero-order valence-electron chi connectivity index (χ0n) is 8.78. The molecule has 0 unspecified atom stereocenters. The van der Waals surface area contributed by atoms with Crippen molar-refractivity contribution >= 4 is 52.7 Å². The average molecular weight is 300 g/mol. The third kappa shape index (κ3) is 3860. The molecule has 0 spiro atoms. The highest BCUT2D eigenvalue weighted by Crippen LogP contribution is 2.03. The Bertz CT molecular complexity index is 151. The molecule has 0 aromatic carbocycles. The van der Waals surface area contributed by atoms with Gasteiger partial charge >= 0.3 is 0 Å². The second-order valence-corrected chi connectivity index (χ2v) is 3.78. The van der Waals surface area contributed by atoms with Gasteiger partial charge < -0.3 is 15.3 Å². The summed E-state index contributed by atoms with van der Waals surface area (Å²) in [4.78, 5) is 27.0. The first-order chi connectivity index (χ1) is 6.93. The van der Waals surface area contributed by atoms with Crippen LogP contribution in [0.4, 0.5) is 0 Å². The minimum absolute atomic E-state index is 0.750. The first kappa shape index (κ1) is 24.5. The minimum atomic E-state index is -0.833. The number of halogens is 3. The van der Waals surface area contributed by atoms with Crippen LogP contribution in [0, 0.1) is 0 Å². The molecule has 0 atom stereocenters. The second kappa shape index (κ2) is 19.8. The topological polar surface area (TPSA) is 112 Å². The molecule has 0 radical (unpaired) electrons. The fourth-order valence-corrected chi connectivity index (χ4v) is 0. The smallest absolute Gasteiger partial charge is 0.300 e. The fraction of sp³-hybridized carbons (Fsp3) is 0.571. The van der Waals surface area contributed by atoms with Crippen molar-refractivity contribution in [1.29, 1.82) is 0 Å². The Morgan fingerprint density at radius 2 is 0.750 bits per heavy atom. The van der Waals surface area contributed by atoms with Gasteiger partial charge in [-0.05, 0) is 0 Å². The lowest BCUT2D eigenvalue weighted by molar-refractivity contribution is -0.135. The van der Waals surface area contributed by atoms with Gasteiger partial charge in [-0.1, -0.05) is 34.8 Å². The molecule has 3 N–H and O–H groups in total. The Morgan fingerprint density at radius 1 is 0.750 bits per heavy atom. The van der Waals surface area contributed by atoms with E-state index in [1.165, 1.54) is 0 Å². The van der Waals surface area contributed by atoms with Gasteiger partial charge in [0, 0.05) is 20.8 Å². The molecule has 6 nitrogen and oxygen atoms in total. The molecule has 0 saturated heterocycles. The first-order valence-electron chi connectivity index (χ1n) is 3.44. The maximum atomic E-state index is 9.00. The number of hydrogen-bond donors (Lipinski definition) is 3. The number of carboxylic acid groups (broad SMARTS) is 3. The lowest BCUT2D eigenvalue weighted by atomic mass is 10.9. The molecule has 0 aliphatic rings. The predicted octanol–water partition coefficient (Wildman–Crippen LogP) is 2.26. The SMILES string of the molecule is CC(=O)O.CC(=O)O.CC(=O)O.ClC(Cl)Cl. The summed E-state index contributed by atoms with van der Waals surface area (Å²) in [7, 11) is 0. The number of carbonyl (C=O) groups is 3. The van der Waals surface area contributed by atoms with Crippen molar-refractivity contribution in [1.82, 2.24) is 0 Å². The summed E-state index contributed by atoms with van der Waals surface area (Å²) in [5.74, 6) is -2.50. The van der Waals surface area contributed by atoms with Gasteiger partial charge in [-0.25, -0.2) is 0 Å². The fourth-order valence-electron chi connectivity index (χ4n) is 0. The molecule has 0 aliphatic carbocycles. The molecule has 9 heteroatoms. The van der Waals surface area contributed by atoms with E-state index in [9.17, 15) is 0 Å². The zero-order valence-corrected chi connectivity index (χ0v) is 11.0. The van der Waals surface area contributed by atoms with E-state index in [1.54, 1.807) is 0 Å². The van der Waals surface area contributed by atoms with Crippen molar-refractivity contribution in [2.45, 2.75) is 25.1 Å². The number of rotatable bonds is 0. The summed E-state index contributed by atoms with van der Waals surface area (Å²) < 4.78 is -0.750. The van der Waals surface area contributed by atoms with Gasteiger partial charge in [0.25, 0.3) is 17.9 Å². The monoisotopic (exact) mass is 298 g/mol. The van der Waals surface area contributed by atoms with Crippen LogP contribution in [0.3, 0.4) is 0 Å². The Labute approximate surface area is 108 Å². The van der Waals surface area contributed by atoms with Gasteiger partial charge in [0.05, 0.1) is 0 Å². The standard InChI is InChI=1S/3C2H4O2.CHCl3/c3*1-2(3)4;2-1(3)4/h3*1H3,(H,3,4);1H. The zero-order chi connectivity index (χ0) is 14.3. The van der Waals surface area contributed by atoms with Crippen molar-refractivity contribution in [3.8, 4) is 0 Å². The van der Waals surface area contributed by atoms with E-state index in [0.717, 1.165) is 20.8 Å². The van der Waals surface area contributed by atoms with Crippen LogP contribution >= 0.6 is 34.8 Å². The van der Waals surface area contributed by atoms with Crippen molar-refractivity contribution in [2.24, 2.45) is 0 Å². The van der Waals surface area contributed by atoms with Gasteiger partial charge in [0.1, 0.15) is 0 Å². The minimum Gasteiger partial charge on any atom is -0.481 e. The summed E-state index contributed by atoms with van der Waals surface area (Å²) in [6.07, 6.45) is 0. The van der Waals surface area contributed by atoms with Crippen LogP contribution in [-0.4, -0.2) is 37.5 Å². The molecule has 0 aromatic heterocycles. The molecule has 0 amide bonds. The third-order valence-corrected chi connectivity index (χ3v) is 0. The van der Waals surface area contributed by atoms with Gasteiger partial charge in [0.15, 0.2) is 4.30 Å². The molecule has 0 heterocycles. The molecule has 0 aromatic rings. The largest absolute Gasteiger partial charge is 0.481 e. The van der Waals surface area contributed by atoms with Gasteiger partial charge in [-0.15, -0.1) is 0 Å². The van der Waals surface area contributed by atoms with Gasteiger partial charge in [-0.2, -0.15) is 0 Å². The Balaban J connectivity index is -0.0000000600. The van der Waals surface area contributed by atoms with Crippen LogP contribution in [0.1, 0.15) is 20.8 Å². The van der Waals surface area contributed by atoms with E-state index < -0.39 is 22.2 Å². The van der Waals surface area contributed by atoms with E-state index in [2.05, 4.69) is 0 Å². The van der Waals surface area contributed by atoms with E-state index in [0.29, 0.717) is 0 Å². The van der Waals surface area contributed by atoms with Gasteiger partial charge in [0.2, 0.25) is 0 Å². The molecular formula is C7H13Cl3O6. The Kier molecular flexibility index (Phi) is 30.3. The number of aliphatic carboxylic acids is 3. The summed E-state index contributed by atoms with van der Waals surface area (Å²) in [5, 5.41) is 22.2. The van der Waals surface area contributed by atoms with E-state index in [4.69, 9.17) is 64.5 Å². The molecule has 98 valence electrons. The first-order valence-corrected chi connectivity index (χ1v) is 4.75. The highest BCUT2D eigenvalue weighted by Gasteiger charge is 1.78. The van der Waals surface area contributed by atoms with E-state index >= 15 is 0 Å². The summed E-state index contributed by atoms with van der Waals surface area (Å²) in [6, 6.07) is 0. The maximum Gasteiger partial charge on any atom is 0.300 e.